The molecule has 3 N–H and O–H groups in total. The molecular formula is C13H19N3S2. The molecule has 1 heterocycles. The van der Waals surface area contributed by atoms with Crippen LogP contribution in [0.4, 0.5) is 5.82 Å². The topological polar surface area (TPSA) is 50.9 Å². The number of thioether (sulfide) groups is 1. The van der Waals surface area contributed by atoms with Crippen LogP contribution in [0.5, 0.6) is 0 Å². The second-order valence-corrected chi connectivity index (χ2v) is 6.43. The molecule has 0 aliphatic heterocycles. The van der Waals surface area contributed by atoms with Crippen molar-refractivity contribution in [2.24, 2.45) is 5.73 Å². The lowest BCUT2D eigenvalue weighted by atomic mass is 10.1. The Balaban J connectivity index is 2.01. The van der Waals surface area contributed by atoms with Crippen molar-refractivity contribution >= 4 is 34.8 Å². The highest BCUT2D eigenvalue weighted by atomic mass is 32.2. The van der Waals surface area contributed by atoms with Crippen molar-refractivity contribution in [1.82, 2.24) is 4.98 Å². The molecule has 1 fully saturated rings. The quantitative estimate of drug-likeness (QED) is 0.813. The van der Waals surface area contributed by atoms with E-state index in [-0.39, 0.29) is 0 Å². The Labute approximate surface area is 118 Å². The van der Waals surface area contributed by atoms with Crippen molar-refractivity contribution in [1.29, 1.82) is 0 Å². The van der Waals surface area contributed by atoms with E-state index in [9.17, 15) is 0 Å². The van der Waals surface area contributed by atoms with Gasteiger partial charge in [-0.05, 0) is 31.2 Å². The maximum atomic E-state index is 5.59. The van der Waals surface area contributed by atoms with Crippen molar-refractivity contribution in [2.75, 3.05) is 18.1 Å². The smallest absolute Gasteiger partial charge is 0.126 e. The number of nitrogens with one attached hydrogen (secondary N) is 1. The van der Waals surface area contributed by atoms with E-state index >= 15 is 0 Å². The molecule has 0 saturated heterocycles. The van der Waals surface area contributed by atoms with Crippen molar-refractivity contribution in [2.45, 2.75) is 30.4 Å². The first-order valence-corrected chi connectivity index (χ1v) is 7.84. The van der Waals surface area contributed by atoms with Crippen LogP contribution in [0, 0.1) is 0 Å². The van der Waals surface area contributed by atoms with Crippen LogP contribution in [-0.4, -0.2) is 27.5 Å². The lowest BCUT2D eigenvalue weighted by molar-refractivity contribution is 0.638. The van der Waals surface area contributed by atoms with Crippen molar-refractivity contribution in [3.8, 4) is 0 Å². The van der Waals surface area contributed by atoms with Crippen molar-refractivity contribution in [3.05, 3.63) is 23.9 Å². The zero-order valence-electron chi connectivity index (χ0n) is 10.6. The van der Waals surface area contributed by atoms with Gasteiger partial charge in [0, 0.05) is 11.3 Å². The van der Waals surface area contributed by atoms with Crippen LogP contribution in [0.1, 0.15) is 31.4 Å². The number of nitrogens with zero attached hydrogens (tertiary/aromatic N) is 1. The molecule has 1 aromatic rings. The Morgan fingerprint density at radius 3 is 2.83 bits per heavy atom. The van der Waals surface area contributed by atoms with E-state index in [0.717, 1.165) is 12.4 Å². The summed E-state index contributed by atoms with van der Waals surface area (Å²) in [6.45, 7) is 0.960. The second kappa shape index (κ2) is 5.89. The van der Waals surface area contributed by atoms with Crippen LogP contribution in [0.2, 0.25) is 0 Å². The summed E-state index contributed by atoms with van der Waals surface area (Å²) in [6.07, 6.45) is 7.45. The molecule has 98 valence electrons. The number of thiocarbonyl (C=S) groups is 1. The van der Waals surface area contributed by atoms with Crippen LogP contribution in [0.3, 0.4) is 0 Å². The molecule has 0 bridgehead atoms. The molecule has 3 nitrogen and oxygen atoms in total. The van der Waals surface area contributed by atoms with E-state index in [4.69, 9.17) is 18.0 Å². The molecule has 2 rings (SSSR count). The second-order valence-electron chi connectivity index (χ2n) is 4.72. The summed E-state index contributed by atoms with van der Waals surface area (Å²) in [5, 5.41) is 3.43. The predicted octanol–water partition coefficient (Wildman–Crippen LogP) is 2.80. The third-order valence-electron chi connectivity index (χ3n) is 3.54. The van der Waals surface area contributed by atoms with Gasteiger partial charge in [0.1, 0.15) is 10.8 Å². The monoisotopic (exact) mass is 281 g/mol. The molecular weight excluding hydrogens is 262 g/mol. The highest BCUT2D eigenvalue weighted by molar-refractivity contribution is 8.00. The molecule has 0 atom stereocenters. The van der Waals surface area contributed by atoms with E-state index in [1.54, 1.807) is 0 Å². The maximum absolute atomic E-state index is 5.59. The summed E-state index contributed by atoms with van der Waals surface area (Å²) in [7, 11) is 0. The molecule has 18 heavy (non-hydrogen) atoms. The minimum absolute atomic E-state index is 0.346. The van der Waals surface area contributed by atoms with Gasteiger partial charge in [0.2, 0.25) is 0 Å². The van der Waals surface area contributed by atoms with Gasteiger partial charge in [-0.2, -0.15) is 11.8 Å². The molecule has 1 aliphatic rings. The lowest BCUT2D eigenvalue weighted by Gasteiger charge is -2.27. The highest BCUT2D eigenvalue weighted by Crippen LogP contribution is 2.40. The van der Waals surface area contributed by atoms with Gasteiger partial charge in [-0.25, -0.2) is 4.98 Å². The highest BCUT2D eigenvalue weighted by Gasteiger charge is 2.32. The van der Waals surface area contributed by atoms with Gasteiger partial charge in [-0.15, -0.1) is 0 Å². The van der Waals surface area contributed by atoms with E-state index in [2.05, 4.69) is 16.6 Å². The number of pyridine rings is 1. The van der Waals surface area contributed by atoms with Crippen molar-refractivity contribution in [3.63, 3.8) is 0 Å². The average Bonchev–Trinajstić information content (AvgIpc) is 2.86. The Bertz CT molecular complexity index is 428. The maximum Gasteiger partial charge on any atom is 0.126 e. The van der Waals surface area contributed by atoms with Gasteiger partial charge < -0.3 is 11.1 Å². The Kier molecular flexibility index (Phi) is 4.45. The molecule has 0 radical (unpaired) electrons. The zero-order valence-corrected chi connectivity index (χ0v) is 12.2. The largest absolute Gasteiger partial charge is 0.388 e. The van der Waals surface area contributed by atoms with Gasteiger partial charge in [0.25, 0.3) is 0 Å². The molecule has 1 aromatic heterocycles. The minimum Gasteiger partial charge on any atom is -0.388 e. The standard InChI is InChI=1S/C13H19N3S2/c1-18-13(7-2-3-8-13)9-15-11-6-4-5-10(16-11)12(14)17/h4-6H,2-3,7-9H2,1H3,(H2,14,17)(H,15,16). The number of aromatic nitrogens is 1. The van der Waals surface area contributed by atoms with Crippen molar-refractivity contribution < 1.29 is 0 Å². The molecule has 1 saturated carbocycles. The van der Waals surface area contributed by atoms with Crippen LogP contribution >= 0.6 is 24.0 Å². The molecule has 0 aromatic carbocycles. The number of anilines is 1. The molecule has 5 heteroatoms. The fourth-order valence-electron chi connectivity index (χ4n) is 2.39. The summed E-state index contributed by atoms with van der Waals surface area (Å²) in [5.41, 5.74) is 6.27. The first-order chi connectivity index (χ1) is 8.65. The fourth-order valence-corrected chi connectivity index (χ4v) is 3.42. The van der Waals surface area contributed by atoms with Gasteiger partial charge in [0.05, 0.1) is 5.69 Å². The normalized spacial score (nSPS) is 17.6. The lowest BCUT2D eigenvalue weighted by Crippen LogP contribution is -2.30. The third kappa shape index (κ3) is 3.14. The SMILES string of the molecule is CSC1(CNc2cccc(C(N)=S)n2)CCCC1. The van der Waals surface area contributed by atoms with Gasteiger partial charge in [-0.3, -0.25) is 0 Å². The number of rotatable bonds is 5. The Morgan fingerprint density at radius 1 is 1.50 bits per heavy atom. The van der Waals surface area contributed by atoms with E-state index in [1.165, 1.54) is 25.7 Å². The average molecular weight is 281 g/mol. The summed E-state index contributed by atoms with van der Waals surface area (Å²) in [5.74, 6) is 0.862. The number of nitrogens with two attached hydrogens (primary N) is 1. The predicted molar refractivity (Wildman–Crippen MR) is 83.3 cm³/mol. The Morgan fingerprint density at radius 2 is 2.22 bits per heavy atom. The van der Waals surface area contributed by atoms with Gasteiger partial charge >= 0.3 is 0 Å². The molecule has 0 unspecified atom stereocenters. The third-order valence-corrected chi connectivity index (χ3v) is 5.17. The van der Waals surface area contributed by atoms with E-state index in [0.29, 0.717) is 15.4 Å². The molecule has 0 spiro atoms. The molecule has 1 aliphatic carbocycles. The summed E-state index contributed by atoms with van der Waals surface area (Å²) < 4.78 is 0.376. The zero-order chi connectivity index (χ0) is 13.0. The van der Waals surface area contributed by atoms with Gasteiger partial charge in [0.15, 0.2) is 0 Å². The van der Waals surface area contributed by atoms with Crippen LogP contribution in [0.25, 0.3) is 0 Å². The first kappa shape index (κ1) is 13.6. The Hall–Kier alpha value is -0.810. The fraction of sp³-hybridized carbons (Fsp3) is 0.538. The number of hydrogen-bond donors (Lipinski definition) is 2. The van der Waals surface area contributed by atoms with Crippen LogP contribution in [-0.2, 0) is 0 Å². The first-order valence-electron chi connectivity index (χ1n) is 6.21. The number of hydrogen-bond acceptors (Lipinski definition) is 4. The summed E-state index contributed by atoms with van der Waals surface area (Å²) in [4.78, 5) is 4.76. The van der Waals surface area contributed by atoms with E-state index < -0.39 is 0 Å². The van der Waals surface area contributed by atoms with Crippen LogP contribution in [0.15, 0.2) is 18.2 Å². The summed E-state index contributed by atoms with van der Waals surface area (Å²) >= 11 is 6.91. The van der Waals surface area contributed by atoms with Crippen LogP contribution < -0.4 is 11.1 Å². The molecule has 0 amide bonds. The van der Waals surface area contributed by atoms with E-state index in [1.807, 2.05) is 30.0 Å². The summed E-state index contributed by atoms with van der Waals surface area (Å²) in [6, 6.07) is 5.74. The minimum atomic E-state index is 0.346. The van der Waals surface area contributed by atoms with Gasteiger partial charge in [-0.1, -0.05) is 31.1 Å².